The molecule has 0 aliphatic carbocycles. The fourth-order valence-corrected chi connectivity index (χ4v) is 5.50. The van der Waals surface area contributed by atoms with E-state index in [2.05, 4.69) is 14.9 Å². The number of sulfonamides is 1. The molecule has 1 saturated heterocycles. The molecule has 0 bridgehead atoms. The molecule has 0 saturated carbocycles. The van der Waals surface area contributed by atoms with Gasteiger partial charge in [-0.05, 0) is 29.5 Å². The van der Waals surface area contributed by atoms with Crippen LogP contribution in [0.25, 0.3) is 10.8 Å². The fourth-order valence-electron chi connectivity index (χ4n) is 4.13. The van der Waals surface area contributed by atoms with Crippen molar-refractivity contribution in [2.24, 2.45) is 0 Å². The highest BCUT2D eigenvalue weighted by Crippen LogP contribution is 2.25. The fraction of sp³-hybridized carbons (Fsp3) is 0.385. The average molecular weight is 484 g/mol. The Hall–Kier alpha value is -2.33. The molecule has 0 unspecified atom stereocenters. The van der Waals surface area contributed by atoms with Gasteiger partial charge in [-0.25, -0.2) is 8.42 Å². The normalized spacial score (nSPS) is 16.0. The van der Waals surface area contributed by atoms with E-state index in [0.29, 0.717) is 18.5 Å². The molecule has 1 heterocycles. The van der Waals surface area contributed by atoms with Crippen LogP contribution in [0.15, 0.2) is 71.6 Å². The number of nitrogens with one attached hydrogen (secondary N) is 2. The maximum absolute atomic E-state index is 13.4. The van der Waals surface area contributed by atoms with E-state index >= 15 is 0 Å². The highest BCUT2D eigenvalue weighted by atomic mass is 32.2. The van der Waals surface area contributed by atoms with Crippen molar-refractivity contribution in [2.75, 3.05) is 46.0 Å². The maximum Gasteiger partial charge on any atom is 0.242 e. The zero-order valence-corrected chi connectivity index (χ0v) is 20.4. The number of ether oxygens (including phenoxy) is 2. The smallest absolute Gasteiger partial charge is 0.242 e. The van der Waals surface area contributed by atoms with Gasteiger partial charge in [0.15, 0.2) is 0 Å². The Morgan fingerprint density at radius 3 is 2.44 bits per heavy atom. The number of aryl methyl sites for hydroxylation is 1. The molecule has 1 fully saturated rings. The molecule has 8 heteroatoms. The van der Waals surface area contributed by atoms with Crippen molar-refractivity contribution in [3.8, 4) is 0 Å². The molecule has 0 amide bonds. The molecular formula is C26H33N3O4S. The first-order chi connectivity index (χ1) is 16.5. The van der Waals surface area contributed by atoms with E-state index in [1.165, 1.54) is 0 Å². The van der Waals surface area contributed by atoms with E-state index in [0.717, 1.165) is 49.4 Å². The minimum absolute atomic E-state index is 0.209. The van der Waals surface area contributed by atoms with Gasteiger partial charge in [-0.3, -0.25) is 10.2 Å². The Bertz CT molecular complexity index is 1170. The van der Waals surface area contributed by atoms with E-state index in [9.17, 15) is 8.42 Å². The predicted molar refractivity (Wildman–Crippen MR) is 134 cm³/mol. The van der Waals surface area contributed by atoms with Gasteiger partial charge >= 0.3 is 0 Å². The number of morpholine rings is 1. The molecule has 3 aromatic rings. The van der Waals surface area contributed by atoms with Crippen LogP contribution in [0.1, 0.15) is 11.1 Å². The Morgan fingerprint density at radius 1 is 0.971 bits per heavy atom. The van der Waals surface area contributed by atoms with Crippen LogP contribution >= 0.6 is 0 Å². The van der Waals surface area contributed by atoms with Crippen molar-refractivity contribution in [1.29, 1.82) is 0 Å². The van der Waals surface area contributed by atoms with Crippen molar-refractivity contribution in [3.05, 3.63) is 77.9 Å². The van der Waals surface area contributed by atoms with Gasteiger partial charge in [0.1, 0.15) is 0 Å². The molecule has 4 rings (SSSR count). The molecule has 2 N–H and O–H groups in total. The van der Waals surface area contributed by atoms with Crippen LogP contribution in [0.3, 0.4) is 0 Å². The monoisotopic (exact) mass is 483 g/mol. The molecule has 1 atom stereocenters. The Kier molecular flexibility index (Phi) is 8.66. The summed E-state index contributed by atoms with van der Waals surface area (Å²) in [5.41, 5.74) is 2.09. The SMILES string of the molecule is Cc1ccc(S(=O)(=O)N[C@@H](COCc2ccccc2)NCCN2CCOCC2)c2ccccc12. The van der Waals surface area contributed by atoms with Crippen molar-refractivity contribution in [2.45, 2.75) is 24.6 Å². The van der Waals surface area contributed by atoms with Gasteiger partial charge in [-0.1, -0.05) is 60.7 Å². The van der Waals surface area contributed by atoms with Crippen LogP contribution in [-0.2, 0) is 26.1 Å². The zero-order valence-electron chi connectivity index (χ0n) is 19.6. The second kappa shape index (κ2) is 11.9. The highest BCUT2D eigenvalue weighted by molar-refractivity contribution is 7.89. The third-order valence-electron chi connectivity index (χ3n) is 6.01. The second-order valence-corrected chi connectivity index (χ2v) is 10.2. The van der Waals surface area contributed by atoms with E-state index in [4.69, 9.17) is 9.47 Å². The van der Waals surface area contributed by atoms with Gasteiger partial charge in [0.05, 0.1) is 37.5 Å². The summed E-state index contributed by atoms with van der Waals surface area (Å²) in [6, 6.07) is 21.0. The lowest BCUT2D eigenvalue weighted by Crippen LogP contribution is -2.51. The van der Waals surface area contributed by atoms with Crippen molar-refractivity contribution in [1.82, 2.24) is 14.9 Å². The van der Waals surface area contributed by atoms with Crippen LogP contribution in [-0.4, -0.2) is 65.5 Å². The van der Waals surface area contributed by atoms with Crippen LogP contribution < -0.4 is 10.0 Å². The van der Waals surface area contributed by atoms with Gasteiger partial charge in [0.25, 0.3) is 0 Å². The molecule has 7 nitrogen and oxygen atoms in total. The van der Waals surface area contributed by atoms with E-state index < -0.39 is 16.2 Å². The van der Waals surface area contributed by atoms with Crippen LogP contribution in [0.5, 0.6) is 0 Å². The lowest BCUT2D eigenvalue weighted by Gasteiger charge is -2.28. The minimum Gasteiger partial charge on any atom is -0.379 e. The van der Waals surface area contributed by atoms with Crippen LogP contribution in [0.4, 0.5) is 0 Å². The highest BCUT2D eigenvalue weighted by Gasteiger charge is 2.23. The summed E-state index contributed by atoms with van der Waals surface area (Å²) in [6.45, 7) is 7.30. The van der Waals surface area contributed by atoms with E-state index in [1.54, 1.807) is 6.07 Å². The number of nitrogens with zero attached hydrogens (tertiary/aromatic N) is 1. The first-order valence-corrected chi connectivity index (χ1v) is 13.2. The summed E-state index contributed by atoms with van der Waals surface area (Å²) in [4.78, 5) is 2.58. The summed E-state index contributed by atoms with van der Waals surface area (Å²) >= 11 is 0. The first kappa shape index (κ1) is 24.8. The molecule has 0 aromatic heterocycles. The predicted octanol–water partition coefficient (Wildman–Crippen LogP) is 2.89. The first-order valence-electron chi connectivity index (χ1n) is 11.7. The summed E-state index contributed by atoms with van der Waals surface area (Å²) in [6.07, 6.45) is -0.560. The van der Waals surface area contributed by atoms with Crippen LogP contribution in [0.2, 0.25) is 0 Å². The topological polar surface area (TPSA) is 79.9 Å². The third kappa shape index (κ3) is 6.63. The van der Waals surface area contributed by atoms with Gasteiger partial charge in [-0.2, -0.15) is 4.72 Å². The third-order valence-corrected chi connectivity index (χ3v) is 7.54. The molecule has 182 valence electrons. The van der Waals surface area contributed by atoms with E-state index in [-0.39, 0.29) is 11.5 Å². The largest absolute Gasteiger partial charge is 0.379 e. The molecule has 1 aliphatic rings. The summed E-state index contributed by atoms with van der Waals surface area (Å²) in [5, 5.41) is 4.99. The number of rotatable bonds is 11. The number of hydrogen-bond donors (Lipinski definition) is 2. The summed E-state index contributed by atoms with van der Waals surface area (Å²) < 4.78 is 41.0. The summed E-state index contributed by atoms with van der Waals surface area (Å²) in [5.74, 6) is 0. The van der Waals surface area contributed by atoms with Gasteiger partial charge < -0.3 is 9.47 Å². The second-order valence-electron chi connectivity index (χ2n) is 8.51. The zero-order chi connectivity index (χ0) is 23.8. The maximum atomic E-state index is 13.4. The Labute approximate surface area is 202 Å². The molecule has 0 spiro atoms. The number of benzene rings is 3. The lowest BCUT2D eigenvalue weighted by molar-refractivity contribution is 0.0369. The van der Waals surface area contributed by atoms with E-state index in [1.807, 2.05) is 67.6 Å². The molecule has 1 aliphatic heterocycles. The number of hydrogen-bond acceptors (Lipinski definition) is 6. The quantitative estimate of drug-likeness (QED) is 0.408. The number of fused-ring (bicyclic) bond motifs is 1. The van der Waals surface area contributed by atoms with Crippen molar-refractivity contribution >= 4 is 20.8 Å². The minimum atomic E-state index is -3.78. The molecule has 34 heavy (non-hydrogen) atoms. The van der Waals surface area contributed by atoms with Gasteiger partial charge in [0.2, 0.25) is 10.0 Å². The van der Waals surface area contributed by atoms with Crippen molar-refractivity contribution in [3.63, 3.8) is 0 Å². The lowest BCUT2D eigenvalue weighted by atomic mass is 10.1. The van der Waals surface area contributed by atoms with Gasteiger partial charge in [-0.15, -0.1) is 0 Å². The average Bonchev–Trinajstić information content (AvgIpc) is 2.85. The standard InChI is InChI=1S/C26H33N3O4S/c1-21-11-12-25(24-10-6-5-9-23(21)24)34(30,31)28-26(20-33-19-22-7-3-2-4-8-22)27-13-14-29-15-17-32-18-16-29/h2-12,26-28H,13-20H2,1H3/t26-/m0/s1. The molecule has 3 aromatic carbocycles. The van der Waals surface area contributed by atoms with Gasteiger partial charge in [0, 0.05) is 31.6 Å². The Morgan fingerprint density at radius 2 is 1.68 bits per heavy atom. The summed E-state index contributed by atoms with van der Waals surface area (Å²) in [7, 11) is -3.78. The van der Waals surface area contributed by atoms with Crippen LogP contribution in [0, 0.1) is 6.92 Å². The Balaban J connectivity index is 1.46. The molecular weight excluding hydrogens is 450 g/mol. The van der Waals surface area contributed by atoms with Crippen molar-refractivity contribution < 1.29 is 17.9 Å². The molecule has 0 radical (unpaired) electrons.